The van der Waals surface area contributed by atoms with Gasteiger partial charge in [0.15, 0.2) is 0 Å². The molecule has 0 aliphatic heterocycles. The summed E-state index contributed by atoms with van der Waals surface area (Å²) in [5, 5.41) is 11.4. The Bertz CT molecular complexity index is 369. The van der Waals surface area contributed by atoms with Crippen molar-refractivity contribution in [1.29, 1.82) is 0 Å². The van der Waals surface area contributed by atoms with E-state index in [4.69, 9.17) is 4.74 Å². The summed E-state index contributed by atoms with van der Waals surface area (Å²) < 4.78 is 5.24. The lowest BCUT2D eigenvalue weighted by Gasteiger charge is -2.35. The Balaban J connectivity index is 2.94. The maximum Gasteiger partial charge on any atom is 0.315 e. The molecule has 3 heteroatoms. The van der Waals surface area contributed by atoms with E-state index in [-0.39, 0.29) is 5.97 Å². The molecule has 0 spiro atoms. The molecular weight excluding hydrogens is 312 g/mol. The molecule has 0 heterocycles. The number of hydrogen-bond donors (Lipinski definition) is 1. The summed E-state index contributed by atoms with van der Waals surface area (Å²) in [6.07, 6.45) is 13.1. The largest absolute Gasteiger partial charge is 0.468 e. The predicted molar refractivity (Wildman–Crippen MR) is 104 cm³/mol. The van der Waals surface area contributed by atoms with Gasteiger partial charge in [0.25, 0.3) is 0 Å². The number of esters is 1. The first-order valence-electron chi connectivity index (χ1n) is 10.8. The van der Waals surface area contributed by atoms with Crippen LogP contribution in [0.2, 0.25) is 0 Å². The molecule has 0 aromatic heterocycles. The van der Waals surface area contributed by atoms with E-state index in [1.165, 1.54) is 45.6 Å². The number of carbonyl (C=O) groups is 1. The summed E-state index contributed by atoms with van der Waals surface area (Å²) in [5.74, 6) is 0.423. The van der Waals surface area contributed by atoms with Gasteiger partial charge in [-0.25, -0.2) is 0 Å². The molecular formula is C22H42O3. The van der Waals surface area contributed by atoms with Crippen LogP contribution in [0.5, 0.6) is 0 Å². The van der Waals surface area contributed by atoms with Crippen LogP contribution in [0.1, 0.15) is 105 Å². The molecule has 3 nitrogen and oxygen atoms in total. The van der Waals surface area contributed by atoms with Crippen LogP contribution in [-0.2, 0) is 9.53 Å². The first-order valence-corrected chi connectivity index (χ1v) is 10.8. The molecule has 0 aromatic carbocycles. The minimum Gasteiger partial charge on any atom is -0.468 e. The van der Waals surface area contributed by atoms with E-state index in [0.717, 1.165) is 25.7 Å². The first-order chi connectivity index (χ1) is 12.0. The summed E-state index contributed by atoms with van der Waals surface area (Å²) in [6, 6.07) is 0. The Labute approximate surface area is 155 Å². The Morgan fingerprint density at radius 3 is 1.64 bits per heavy atom. The fraction of sp³-hybridized carbons (Fsp3) is 0.955. The molecule has 1 rings (SSSR count). The Kier molecular flexibility index (Phi) is 9.48. The molecule has 1 fully saturated rings. The van der Waals surface area contributed by atoms with Crippen molar-refractivity contribution in [3.05, 3.63) is 0 Å². The van der Waals surface area contributed by atoms with Crippen molar-refractivity contribution < 1.29 is 14.6 Å². The monoisotopic (exact) mass is 354 g/mol. The first kappa shape index (κ1) is 22.5. The van der Waals surface area contributed by atoms with E-state index < -0.39 is 11.0 Å². The van der Waals surface area contributed by atoms with Crippen LogP contribution in [0.25, 0.3) is 0 Å². The Morgan fingerprint density at radius 2 is 1.32 bits per heavy atom. The van der Waals surface area contributed by atoms with E-state index in [9.17, 15) is 9.90 Å². The van der Waals surface area contributed by atoms with Gasteiger partial charge in [-0.2, -0.15) is 0 Å². The molecule has 0 saturated heterocycles. The van der Waals surface area contributed by atoms with E-state index in [0.29, 0.717) is 24.7 Å². The lowest BCUT2D eigenvalue weighted by atomic mass is 9.75. The summed E-state index contributed by atoms with van der Waals surface area (Å²) in [4.78, 5) is 12.9. The van der Waals surface area contributed by atoms with Gasteiger partial charge in [0.05, 0.1) is 12.7 Å². The van der Waals surface area contributed by atoms with Crippen LogP contribution in [-0.4, -0.2) is 23.8 Å². The lowest BCUT2D eigenvalue weighted by Crippen LogP contribution is -2.46. The summed E-state index contributed by atoms with van der Waals surface area (Å²) >= 11 is 0. The van der Waals surface area contributed by atoms with Crippen LogP contribution in [0.15, 0.2) is 0 Å². The number of aliphatic hydroxyl groups is 1. The van der Waals surface area contributed by atoms with Gasteiger partial charge in [0, 0.05) is 0 Å². The van der Waals surface area contributed by atoms with E-state index in [2.05, 4.69) is 13.8 Å². The Hall–Kier alpha value is -0.570. The smallest absolute Gasteiger partial charge is 0.315 e. The zero-order valence-electron chi connectivity index (χ0n) is 17.4. The highest BCUT2D eigenvalue weighted by molar-refractivity contribution is 5.83. The Morgan fingerprint density at radius 1 is 0.880 bits per heavy atom. The van der Waals surface area contributed by atoms with E-state index >= 15 is 0 Å². The molecule has 1 saturated carbocycles. The maximum atomic E-state index is 12.9. The third-order valence-electron chi connectivity index (χ3n) is 6.75. The fourth-order valence-electron chi connectivity index (χ4n) is 5.17. The topological polar surface area (TPSA) is 46.5 Å². The van der Waals surface area contributed by atoms with Crippen molar-refractivity contribution >= 4 is 5.97 Å². The van der Waals surface area contributed by atoms with E-state index in [1.54, 1.807) is 0 Å². The average Bonchev–Trinajstić information content (AvgIpc) is 3.29. The number of carbonyl (C=O) groups excluding carboxylic acids is 1. The van der Waals surface area contributed by atoms with Crippen molar-refractivity contribution in [2.24, 2.45) is 17.3 Å². The van der Waals surface area contributed by atoms with Gasteiger partial charge in [-0.15, -0.1) is 0 Å². The number of ether oxygens (including phenoxy) is 1. The number of rotatable bonds is 14. The fourth-order valence-corrected chi connectivity index (χ4v) is 5.17. The predicted octanol–water partition coefficient (Wildman–Crippen LogP) is 5.88. The van der Waals surface area contributed by atoms with Crippen molar-refractivity contribution in [3.63, 3.8) is 0 Å². The molecule has 1 aliphatic rings. The third-order valence-corrected chi connectivity index (χ3v) is 6.75. The van der Waals surface area contributed by atoms with Gasteiger partial charge in [-0.1, -0.05) is 79.1 Å². The van der Waals surface area contributed by atoms with Gasteiger partial charge >= 0.3 is 5.97 Å². The van der Waals surface area contributed by atoms with Crippen LogP contribution in [0, 0.1) is 17.3 Å². The number of methoxy groups -OCH3 is 1. The maximum absolute atomic E-state index is 12.9. The van der Waals surface area contributed by atoms with Gasteiger partial charge < -0.3 is 9.84 Å². The highest BCUT2D eigenvalue weighted by Crippen LogP contribution is 2.70. The second-order valence-electron chi connectivity index (χ2n) is 8.01. The van der Waals surface area contributed by atoms with Gasteiger partial charge in [0.2, 0.25) is 0 Å². The number of hydrogen-bond acceptors (Lipinski definition) is 3. The molecule has 1 aliphatic carbocycles. The van der Waals surface area contributed by atoms with Crippen LogP contribution in [0.3, 0.4) is 0 Å². The molecule has 0 amide bonds. The minimum absolute atomic E-state index is 0.167. The number of unbranched alkanes of at least 4 members (excludes halogenated alkanes) is 6. The summed E-state index contributed by atoms with van der Waals surface area (Å²) in [5.41, 5.74) is -1.59. The molecule has 1 N–H and O–H groups in total. The summed E-state index contributed by atoms with van der Waals surface area (Å²) in [7, 11) is 1.48. The molecule has 0 radical (unpaired) electrons. The van der Waals surface area contributed by atoms with Crippen LogP contribution in [0.4, 0.5) is 0 Å². The van der Waals surface area contributed by atoms with Crippen LogP contribution >= 0.6 is 0 Å². The second-order valence-corrected chi connectivity index (χ2v) is 8.01. The van der Waals surface area contributed by atoms with Crippen molar-refractivity contribution in [1.82, 2.24) is 0 Å². The lowest BCUT2D eigenvalue weighted by molar-refractivity contribution is -0.164. The molecule has 148 valence electrons. The van der Waals surface area contributed by atoms with Gasteiger partial charge in [0.1, 0.15) is 5.41 Å². The highest BCUT2D eigenvalue weighted by Gasteiger charge is 2.76. The highest BCUT2D eigenvalue weighted by atomic mass is 16.5. The van der Waals surface area contributed by atoms with Crippen molar-refractivity contribution in [2.75, 3.05) is 7.11 Å². The molecule has 1 unspecified atom stereocenters. The molecule has 3 atom stereocenters. The minimum atomic E-state index is -0.926. The zero-order valence-corrected chi connectivity index (χ0v) is 17.4. The quantitative estimate of drug-likeness (QED) is 0.313. The summed E-state index contributed by atoms with van der Waals surface area (Å²) in [6.45, 7) is 8.46. The zero-order chi connectivity index (χ0) is 18.9. The van der Waals surface area contributed by atoms with Crippen molar-refractivity contribution in [3.8, 4) is 0 Å². The van der Waals surface area contributed by atoms with Crippen LogP contribution < -0.4 is 0 Å². The average molecular weight is 355 g/mol. The molecule has 25 heavy (non-hydrogen) atoms. The molecule has 0 bridgehead atoms. The standard InChI is InChI=1S/C22H42O3/c1-6-10-12-14-16-18-19(17-15-13-11-7-2)22(18,20(23)25-5)21(24,8-3)9-4/h18-19,24H,6-17H2,1-5H3/t18-,19+,22?. The van der Waals surface area contributed by atoms with E-state index in [1.807, 2.05) is 13.8 Å². The van der Waals surface area contributed by atoms with Crippen molar-refractivity contribution in [2.45, 2.75) is 110 Å². The molecule has 0 aromatic rings. The van der Waals surface area contributed by atoms with Gasteiger partial charge in [-0.3, -0.25) is 4.79 Å². The second kappa shape index (κ2) is 10.5. The third kappa shape index (κ3) is 4.59. The van der Waals surface area contributed by atoms with Gasteiger partial charge in [-0.05, 0) is 37.5 Å². The normalized spacial score (nSPS) is 25.8. The SMILES string of the molecule is CCCCCC[C@@H]1[C@H](CCCCCC)C1(C(=O)OC)C(O)(CC)CC.